The normalized spacial score (nSPS) is 20.2. The molecule has 12 heteroatoms. The molecule has 0 radical (unpaired) electrons. The number of nitrogens with one attached hydrogen (secondary N) is 2. The van der Waals surface area contributed by atoms with Crippen molar-refractivity contribution in [2.45, 2.75) is 69.3 Å². The molecule has 30 heavy (non-hydrogen) atoms. The number of nitrogens with two attached hydrogens (primary N) is 2. The fourth-order valence-electron chi connectivity index (χ4n) is 3.22. The van der Waals surface area contributed by atoms with Crippen molar-refractivity contribution in [1.29, 1.82) is 0 Å². The van der Waals surface area contributed by atoms with Gasteiger partial charge in [0.05, 0.1) is 12.1 Å². The third-order valence-corrected chi connectivity index (χ3v) is 5.35. The molecule has 1 rings (SSSR count). The monoisotopic (exact) mass is 447 g/mol. The summed E-state index contributed by atoms with van der Waals surface area (Å²) in [5, 5.41) is 24.0. The molecule has 1 aliphatic heterocycles. The maximum atomic E-state index is 13.0. The van der Waals surface area contributed by atoms with Crippen LogP contribution in [-0.4, -0.2) is 87.9 Å². The second-order valence-electron chi connectivity index (χ2n) is 7.39. The highest BCUT2D eigenvalue weighted by Crippen LogP contribution is 2.20. The molecule has 1 fully saturated rings. The summed E-state index contributed by atoms with van der Waals surface area (Å²) in [4.78, 5) is 50.2. The molecule has 5 atom stereocenters. The van der Waals surface area contributed by atoms with Crippen LogP contribution in [0.4, 0.5) is 0 Å². The van der Waals surface area contributed by atoms with E-state index in [1.807, 2.05) is 0 Å². The molecule has 1 heterocycles. The van der Waals surface area contributed by atoms with Crippen molar-refractivity contribution >= 4 is 36.3 Å². The number of thiol groups is 1. The average molecular weight is 448 g/mol. The van der Waals surface area contributed by atoms with Gasteiger partial charge in [-0.25, -0.2) is 4.79 Å². The van der Waals surface area contributed by atoms with Gasteiger partial charge < -0.3 is 37.2 Å². The van der Waals surface area contributed by atoms with Crippen molar-refractivity contribution in [1.82, 2.24) is 15.5 Å². The van der Waals surface area contributed by atoms with Crippen molar-refractivity contribution in [2.24, 2.45) is 11.5 Å². The molecular weight excluding hydrogens is 414 g/mol. The zero-order valence-corrected chi connectivity index (χ0v) is 18.0. The lowest BCUT2D eigenvalue weighted by atomic mass is 10.1. The van der Waals surface area contributed by atoms with Gasteiger partial charge in [-0.15, -0.1) is 0 Å². The Labute approximate surface area is 181 Å². The van der Waals surface area contributed by atoms with Crippen molar-refractivity contribution in [3.63, 3.8) is 0 Å². The maximum absolute atomic E-state index is 13.0. The second-order valence-corrected chi connectivity index (χ2v) is 7.75. The molecule has 11 nitrogen and oxygen atoms in total. The van der Waals surface area contributed by atoms with Gasteiger partial charge in [0.2, 0.25) is 17.7 Å². The minimum atomic E-state index is -1.27. The van der Waals surface area contributed by atoms with Crippen LogP contribution >= 0.6 is 12.6 Å². The van der Waals surface area contributed by atoms with E-state index in [2.05, 4.69) is 23.3 Å². The molecule has 1 aliphatic rings. The summed E-state index contributed by atoms with van der Waals surface area (Å²) in [6.07, 6.45) is 1.41. The van der Waals surface area contributed by atoms with Gasteiger partial charge in [0.15, 0.2) is 0 Å². The first-order valence-electron chi connectivity index (χ1n) is 10.0. The summed E-state index contributed by atoms with van der Waals surface area (Å²) in [6, 6.07) is -4.20. The van der Waals surface area contributed by atoms with Gasteiger partial charge in [-0.05, 0) is 39.2 Å². The van der Waals surface area contributed by atoms with Crippen LogP contribution in [0.2, 0.25) is 0 Å². The molecule has 0 aromatic heterocycles. The molecule has 172 valence electrons. The number of aliphatic hydroxyl groups excluding tert-OH is 1. The number of carbonyl (C=O) groups is 4. The van der Waals surface area contributed by atoms with Crippen LogP contribution in [0.15, 0.2) is 0 Å². The van der Waals surface area contributed by atoms with Gasteiger partial charge in [-0.1, -0.05) is 6.42 Å². The molecule has 0 bridgehead atoms. The third kappa shape index (κ3) is 7.42. The van der Waals surface area contributed by atoms with Crippen LogP contribution in [0.25, 0.3) is 0 Å². The molecule has 8 N–H and O–H groups in total. The zero-order valence-electron chi connectivity index (χ0n) is 17.1. The number of nitrogens with zero attached hydrogens (tertiary/aromatic N) is 1. The lowest BCUT2D eigenvalue weighted by molar-refractivity contribution is -0.145. The van der Waals surface area contributed by atoms with E-state index < -0.39 is 54.0 Å². The summed E-state index contributed by atoms with van der Waals surface area (Å²) >= 11 is 3.91. The summed E-state index contributed by atoms with van der Waals surface area (Å²) in [5.74, 6) is -3.14. The van der Waals surface area contributed by atoms with Crippen LogP contribution in [0.3, 0.4) is 0 Å². The first-order chi connectivity index (χ1) is 14.1. The van der Waals surface area contributed by atoms with E-state index in [0.29, 0.717) is 38.6 Å². The number of aliphatic hydroxyl groups is 1. The number of amides is 3. The summed E-state index contributed by atoms with van der Waals surface area (Å²) < 4.78 is 0. The van der Waals surface area contributed by atoms with Crippen molar-refractivity contribution in [3.8, 4) is 0 Å². The third-order valence-electron chi connectivity index (χ3n) is 4.99. The highest BCUT2D eigenvalue weighted by molar-refractivity contribution is 7.80. The molecule has 0 aromatic rings. The van der Waals surface area contributed by atoms with Gasteiger partial charge in [0.25, 0.3) is 0 Å². The van der Waals surface area contributed by atoms with E-state index in [0.717, 1.165) is 0 Å². The fraction of sp³-hybridized carbons (Fsp3) is 0.778. The number of likely N-dealkylation sites (tertiary alicyclic amines) is 1. The molecule has 0 aromatic carbocycles. The number of carbonyl (C=O) groups excluding carboxylic acids is 3. The number of hydrogen-bond acceptors (Lipinski definition) is 8. The summed E-state index contributed by atoms with van der Waals surface area (Å²) in [6.45, 7) is 2.09. The van der Waals surface area contributed by atoms with Crippen molar-refractivity contribution in [2.75, 3.05) is 18.8 Å². The van der Waals surface area contributed by atoms with Crippen LogP contribution in [0.1, 0.15) is 39.0 Å². The molecule has 3 amide bonds. The number of carboxylic acid groups (broad SMARTS) is 1. The van der Waals surface area contributed by atoms with E-state index in [9.17, 15) is 24.3 Å². The standard InChI is InChI=1S/C18H33N5O6S/c1-10(24)14(22-15(25)11(20)5-2-3-7-19)17(27)23-8-4-6-13(23)16(26)21-12(9-30)18(28)29/h10-14,24,30H,2-9,19-20H2,1H3,(H,21,26)(H,22,25)(H,28,29). The Morgan fingerprint density at radius 3 is 2.43 bits per heavy atom. The average Bonchev–Trinajstić information content (AvgIpc) is 3.18. The highest BCUT2D eigenvalue weighted by atomic mass is 32.1. The Bertz CT molecular complexity index is 620. The van der Waals surface area contributed by atoms with E-state index in [4.69, 9.17) is 16.6 Å². The molecule has 0 spiro atoms. The largest absolute Gasteiger partial charge is 0.480 e. The van der Waals surface area contributed by atoms with Crippen molar-refractivity contribution < 1.29 is 29.4 Å². The van der Waals surface area contributed by atoms with E-state index in [1.165, 1.54) is 11.8 Å². The number of aliphatic carboxylic acids is 1. The lowest BCUT2D eigenvalue weighted by Gasteiger charge is -2.31. The second kappa shape index (κ2) is 12.7. The van der Waals surface area contributed by atoms with Gasteiger partial charge in [-0.2, -0.15) is 12.6 Å². The Morgan fingerprint density at radius 2 is 1.90 bits per heavy atom. The maximum Gasteiger partial charge on any atom is 0.327 e. The Kier molecular flexibility index (Phi) is 11.1. The Hall–Kier alpha value is -1.89. The van der Waals surface area contributed by atoms with Gasteiger partial charge >= 0.3 is 5.97 Å². The van der Waals surface area contributed by atoms with Gasteiger partial charge in [0, 0.05) is 12.3 Å². The van der Waals surface area contributed by atoms with Gasteiger partial charge in [0.1, 0.15) is 18.1 Å². The summed E-state index contributed by atoms with van der Waals surface area (Å²) in [5.41, 5.74) is 11.3. The molecule has 5 unspecified atom stereocenters. The smallest absolute Gasteiger partial charge is 0.327 e. The van der Waals surface area contributed by atoms with E-state index in [1.54, 1.807) is 0 Å². The predicted molar refractivity (Wildman–Crippen MR) is 113 cm³/mol. The highest BCUT2D eigenvalue weighted by Gasteiger charge is 2.40. The quantitative estimate of drug-likeness (QED) is 0.130. The zero-order chi connectivity index (χ0) is 22.8. The van der Waals surface area contributed by atoms with Gasteiger partial charge in [-0.3, -0.25) is 14.4 Å². The van der Waals surface area contributed by atoms with E-state index in [-0.39, 0.29) is 12.3 Å². The topological polar surface area (TPSA) is 188 Å². The van der Waals surface area contributed by atoms with Crippen LogP contribution in [-0.2, 0) is 19.2 Å². The predicted octanol–water partition coefficient (Wildman–Crippen LogP) is -2.20. The minimum absolute atomic E-state index is 0.101. The molecule has 0 aliphatic carbocycles. The minimum Gasteiger partial charge on any atom is -0.480 e. The number of unbranched alkanes of at least 4 members (excludes halogenated alkanes) is 1. The molecule has 1 saturated heterocycles. The number of hydrogen-bond donors (Lipinski definition) is 7. The van der Waals surface area contributed by atoms with Crippen LogP contribution in [0.5, 0.6) is 0 Å². The SMILES string of the molecule is CC(O)C(NC(=O)C(N)CCCCN)C(=O)N1CCCC1C(=O)NC(CS)C(=O)O. The molecular formula is C18H33N5O6S. The first kappa shape index (κ1) is 26.1. The first-order valence-corrected chi connectivity index (χ1v) is 10.7. The summed E-state index contributed by atoms with van der Waals surface area (Å²) in [7, 11) is 0. The van der Waals surface area contributed by atoms with E-state index >= 15 is 0 Å². The lowest BCUT2D eigenvalue weighted by Crippen LogP contribution is -2.59. The van der Waals surface area contributed by atoms with Crippen molar-refractivity contribution in [3.05, 3.63) is 0 Å². The number of rotatable bonds is 12. The fourth-order valence-corrected chi connectivity index (χ4v) is 3.47. The van der Waals surface area contributed by atoms with Crippen LogP contribution in [0, 0.1) is 0 Å². The van der Waals surface area contributed by atoms with Crippen LogP contribution < -0.4 is 22.1 Å². The molecule has 0 saturated carbocycles. The Morgan fingerprint density at radius 1 is 1.23 bits per heavy atom. The Balaban J connectivity index is 2.82. The number of carboxylic acids is 1.